The number of anilines is 1. The molecule has 1 fully saturated rings. The molecule has 3 heterocycles. The van der Waals surface area contributed by atoms with Crippen LogP contribution in [0, 0.1) is 0 Å². The second-order valence-electron chi connectivity index (χ2n) is 7.44. The summed E-state index contributed by atoms with van der Waals surface area (Å²) in [6, 6.07) is 5.79. The highest BCUT2D eigenvalue weighted by molar-refractivity contribution is 5.97. The van der Waals surface area contributed by atoms with Crippen LogP contribution in [-0.4, -0.2) is 41.2 Å². The van der Waals surface area contributed by atoms with Crippen LogP contribution in [0.3, 0.4) is 0 Å². The van der Waals surface area contributed by atoms with E-state index in [9.17, 15) is 9.18 Å². The molecular formula is C20H21FN4O. The van der Waals surface area contributed by atoms with E-state index >= 15 is 0 Å². The maximum absolute atomic E-state index is 13.6. The molecular weight excluding hydrogens is 331 g/mol. The molecule has 134 valence electrons. The fraction of sp³-hybridized carbons (Fsp3) is 0.450. The normalized spacial score (nSPS) is 23.9. The zero-order chi connectivity index (χ0) is 17.8. The summed E-state index contributed by atoms with van der Waals surface area (Å²) in [6.45, 7) is 2.91. The number of nitrogens with zero attached hydrogens (tertiary/aromatic N) is 3. The van der Waals surface area contributed by atoms with Gasteiger partial charge in [0.2, 0.25) is 5.95 Å². The van der Waals surface area contributed by atoms with Crippen LogP contribution in [0.4, 0.5) is 10.3 Å². The molecule has 2 atom stereocenters. The SMILES string of the molecule is C[C@H]1[C@H](F)CN1c1nc2c(c(-c3ccc4c(c3)CCNC4=O)n1)CCC2. The van der Waals surface area contributed by atoms with E-state index in [0.717, 1.165) is 53.8 Å². The molecule has 1 saturated heterocycles. The van der Waals surface area contributed by atoms with Crippen LogP contribution >= 0.6 is 0 Å². The van der Waals surface area contributed by atoms with Gasteiger partial charge in [0.1, 0.15) is 6.17 Å². The van der Waals surface area contributed by atoms with Crippen molar-refractivity contribution in [2.45, 2.75) is 44.8 Å². The minimum Gasteiger partial charge on any atom is -0.352 e. The van der Waals surface area contributed by atoms with Gasteiger partial charge in [0, 0.05) is 28.9 Å². The summed E-state index contributed by atoms with van der Waals surface area (Å²) < 4.78 is 13.6. The average molecular weight is 352 g/mol. The Bertz CT molecular complexity index is 913. The monoisotopic (exact) mass is 352 g/mol. The van der Waals surface area contributed by atoms with Gasteiger partial charge < -0.3 is 10.2 Å². The standard InChI is InChI=1S/C20H21FN4O/c1-11-16(21)10-25(11)20-23-17-4-2-3-15(17)18(24-20)13-5-6-14-12(9-13)7-8-22-19(14)26/h5-6,9,11,16H,2-4,7-8,10H2,1H3,(H,22,26)/t11-,16+/m0/s1. The molecule has 1 aromatic carbocycles. The number of fused-ring (bicyclic) bond motifs is 2. The Kier molecular flexibility index (Phi) is 3.48. The molecule has 2 aliphatic heterocycles. The van der Waals surface area contributed by atoms with Gasteiger partial charge in [-0.2, -0.15) is 0 Å². The predicted molar refractivity (Wildman–Crippen MR) is 97.2 cm³/mol. The lowest BCUT2D eigenvalue weighted by atomic mass is 9.95. The summed E-state index contributed by atoms with van der Waals surface area (Å²) in [5.74, 6) is 0.632. The van der Waals surface area contributed by atoms with E-state index in [1.54, 1.807) is 0 Å². The van der Waals surface area contributed by atoms with E-state index in [-0.39, 0.29) is 11.9 Å². The summed E-state index contributed by atoms with van der Waals surface area (Å²) in [6.07, 6.45) is 3.03. The fourth-order valence-corrected chi connectivity index (χ4v) is 4.19. The number of carbonyl (C=O) groups excluding carboxylic acids is 1. The van der Waals surface area contributed by atoms with Crippen LogP contribution in [0.25, 0.3) is 11.3 Å². The maximum Gasteiger partial charge on any atom is 0.251 e. The molecule has 0 spiro atoms. The number of halogens is 1. The number of hydrogen-bond donors (Lipinski definition) is 1. The molecule has 0 bridgehead atoms. The lowest BCUT2D eigenvalue weighted by Gasteiger charge is -2.42. The van der Waals surface area contributed by atoms with Crippen LogP contribution in [0.15, 0.2) is 18.2 Å². The quantitative estimate of drug-likeness (QED) is 0.902. The summed E-state index contributed by atoms with van der Waals surface area (Å²) in [5, 5.41) is 2.88. The zero-order valence-electron chi connectivity index (χ0n) is 14.8. The Morgan fingerprint density at radius 3 is 2.92 bits per heavy atom. The highest BCUT2D eigenvalue weighted by Crippen LogP contribution is 2.35. The number of aryl methyl sites for hydroxylation is 1. The van der Waals surface area contributed by atoms with Gasteiger partial charge in [-0.1, -0.05) is 6.07 Å². The lowest BCUT2D eigenvalue weighted by Crippen LogP contribution is -2.57. The molecule has 1 aromatic heterocycles. The molecule has 3 aliphatic rings. The lowest BCUT2D eigenvalue weighted by molar-refractivity contribution is 0.0946. The van der Waals surface area contributed by atoms with Crippen molar-refractivity contribution < 1.29 is 9.18 Å². The van der Waals surface area contributed by atoms with Crippen molar-refractivity contribution in [2.24, 2.45) is 0 Å². The first-order valence-electron chi connectivity index (χ1n) is 9.34. The van der Waals surface area contributed by atoms with Gasteiger partial charge in [-0.05, 0) is 50.3 Å². The number of alkyl halides is 1. The first-order chi connectivity index (χ1) is 12.6. The van der Waals surface area contributed by atoms with Crippen LogP contribution < -0.4 is 10.2 Å². The van der Waals surface area contributed by atoms with Gasteiger partial charge in [0.05, 0.1) is 18.3 Å². The topological polar surface area (TPSA) is 58.1 Å². The molecule has 5 rings (SSSR count). The third-order valence-corrected chi connectivity index (χ3v) is 5.87. The average Bonchev–Trinajstić information content (AvgIpc) is 3.13. The first-order valence-corrected chi connectivity index (χ1v) is 9.34. The van der Waals surface area contributed by atoms with Crippen LogP contribution in [0.5, 0.6) is 0 Å². The highest BCUT2D eigenvalue weighted by atomic mass is 19.1. The zero-order valence-corrected chi connectivity index (χ0v) is 14.8. The molecule has 1 N–H and O–H groups in total. The van der Waals surface area contributed by atoms with E-state index in [1.165, 1.54) is 5.56 Å². The minimum absolute atomic E-state index is 0.00482. The maximum atomic E-state index is 13.6. The fourth-order valence-electron chi connectivity index (χ4n) is 4.19. The van der Waals surface area contributed by atoms with Gasteiger partial charge in [-0.25, -0.2) is 14.4 Å². The second-order valence-corrected chi connectivity index (χ2v) is 7.44. The molecule has 6 heteroatoms. The molecule has 26 heavy (non-hydrogen) atoms. The van der Waals surface area contributed by atoms with Crippen LogP contribution in [-0.2, 0) is 19.3 Å². The predicted octanol–water partition coefficient (Wildman–Crippen LogP) is 2.46. The van der Waals surface area contributed by atoms with E-state index in [2.05, 4.69) is 11.4 Å². The number of rotatable bonds is 2. The number of hydrogen-bond acceptors (Lipinski definition) is 4. The Balaban J connectivity index is 1.60. The summed E-state index contributed by atoms with van der Waals surface area (Å²) in [7, 11) is 0. The molecule has 0 radical (unpaired) electrons. The van der Waals surface area contributed by atoms with Crippen molar-refractivity contribution >= 4 is 11.9 Å². The van der Waals surface area contributed by atoms with E-state index < -0.39 is 6.17 Å². The molecule has 1 amide bonds. The van der Waals surface area contributed by atoms with Crippen LogP contribution in [0.2, 0.25) is 0 Å². The molecule has 1 aliphatic carbocycles. The van der Waals surface area contributed by atoms with E-state index in [0.29, 0.717) is 19.0 Å². The first kappa shape index (κ1) is 15.7. The van der Waals surface area contributed by atoms with Gasteiger partial charge in [-0.15, -0.1) is 0 Å². The van der Waals surface area contributed by atoms with Gasteiger partial charge >= 0.3 is 0 Å². The number of benzene rings is 1. The third kappa shape index (κ3) is 2.31. The minimum atomic E-state index is -0.808. The number of amides is 1. The third-order valence-electron chi connectivity index (χ3n) is 5.87. The van der Waals surface area contributed by atoms with Gasteiger partial charge in [0.25, 0.3) is 5.91 Å². The van der Waals surface area contributed by atoms with Crippen molar-refractivity contribution in [1.82, 2.24) is 15.3 Å². The highest BCUT2D eigenvalue weighted by Gasteiger charge is 2.38. The van der Waals surface area contributed by atoms with Crippen LogP contribution in [0.1, 0.15) is 40.5 Å². The Hall–Kier alpha value is -2.50. The van der Waals surface area contributed by atoms with Crippen molar-refractivity contribution in [3.05, 3.63) is 40.6 Å². The number of aromatic nitrogens is 2. The van der Waals surface area contributed by atoms with Gasteiger partial charge in [0.15, 0.2) is 0 Å². The van der Waals surface area contributed by atoms with E-state index in [1.807, 2.05) is 24.0 Å². The van der Waals surface area contributed by atoms with Crippen molar-refractivity contribution in [2.75, 3.05) is 18.0 Å². The largest absolute Gasteiger partial charge is 0.352 e. The second kappa shape index (κ2) is 5.76. The van der Waals surface area contributed by atoms with E-state index in [4.69, 9.17) is 9.97 Å². The Morgan fingerprint density at radius 2 is 2.12 bits per heavy atom. The summed E-state index contributed by atoms with van der Waals surface area (Å²) in [4.78, 5) is 23.5. The Morgan fingerprint density at radius 1 is 1.23 bits per heavy atom. The summed E-state index contributed by atoms with van der Waals surface area (Å²) >= 11 is 0. The van der Waals surface area contributed by atoms with Crippen molar-refractivity contribution in [1.29, 1.82) is 0 Å². The molecule has 5 nitrogen and oxygen atoms in total. The molecule has 0 saturated carbocycles. The smallest absolute Gasteiger partial charge is 0.251 e. The number of carbonyl (C=O) groups is 1. The van der Waals surface area contributed by atoms with Gasteiger partial charge in [-0.3, -0.25) is 4.79 Å². The molecule has 0 unspecified atom stereocenters. The molecule has 2 aromatic rings. The summed E-state index contributed by atoms with van der Waals surface area (Å²) in [5.41, 5.74) is 6.10. The number of nitrogens with one attached hydrogen (secondary N) is 1. The van der Waals surface area contributed by atoms with Crippen molar-refractivity contribution in [3.63, 3.8) is 0 Å². The Labute approximate surface area is 151 Å². The van der Waals surface area contributed by atoms with Crippen molar-refractivity contribution in [3.8, 4) is 11.3 Å².